The molecule has 96 valence electrons. The van der Waals surface area contributed by atoms with Crippen LogP contribution in [0.5, 0.6) is 0 Å². The minimum atomic E-state index is -0.414. The highest BCUT2D eigenvalue weighted by molar-refractivity contribution is 9.10. The van der Waals surface area contributed by atoms with Gasteiger partial charge in [-0.3, -0.25) is 0 Å². The highest BCUT2D eigenvalue weighted by Crippen LogP contribution is 2.21. The smallest absolute Gasteiger partial charge is 0.341 e. The molecule has 1 atom stereocenters. The van der Waals surface area contributed by atoms with Crippen molar-refractivity contribution in [3.8, 4) is 0 Å². The first kappa shape index (κ1) is 13.6. The van der Waals surface area contributed by atoms with Crippen LogP contribution in [0, 0.1) is 5.92 Å². The number of nitrogens with zero attached hydrogens (tertiary/aromatic N) is 1. The van der Waals surface area contributed by atoms with E-state index >= 15 is 0 Å². The zero-order valence-electron chi connectivity index (χ0n) is 9.73. The lowest BCUT2D eigenvalue weighted by atomic mass is 9.95. The predicted molar refractivity (Wildman–Crippen MR) is 73.7 cm³/mol. The third-order valence-electron chi connectivity index (χ3n) is 2.85. The number of halogens is 2. The van der Waals surface area contributed by atoms with Gasteiger partial charge < -0.3 is 4.74 Å². The molecule has 0 aliphatic heterocycles. The zero-order chi connectivity index (χ0) is 13.0. The van der Waals surface area contributed by atoms with E-state index in [-0.39, 0.29) is 5.15 Å². The number of esters is 1. The number of pyridine rings is 1. The Balaban J connectivity index is 1.95. The number of hydrogen-bond donors (Lipinski definition) is 0. The van der Waals surface area contributed by atoms with Crippen LogP contribution in [0.25, 0.3) is 0 Å². The van der Waals surface area contributed by atoms with Crippen molar-refractivity contribution < 1.29 is 9.53 Å². The summed E-state index contributed by atoms with van der Waals surface area (Å²) in [5.74, 6) is 0.00110. The molecular formula is C13H13BrClNO2. The summed E-state index contributed by atoms with van der Waals surface area (Å²) in [6.45, 7) is 0.437. The molecular weight excluding hydrogens is 318 g/mol. The number of allylic oxidation sites excluding steroid dienone is 2. The van der Waals surface area contributed by atoms with E-state index in [1.165, 1.54) is 0 Å². The Kier molecular flexibility index (Phi) is 4.78. The lowest BCUT2D eigenvalue weighted by molar-refractivity contribution is 0.0432. The Morgan fingerprint density at radius 2 is 2.39 bits per heavy atom. The second-order valence-corrected chi connectivity index (χ2v) is 5.51. The minimum absolute atomic E-state index is 0.173. The third-order valence-corrected chi connectivity index (χ3v) is 3.59. The lowest BCUT2D eigenvalue weighted by Gasteiger charge is -2.17. The Labute approximate surface area is 119 Å². The predicted octanol–water partition coefficient (Wildman–Crippen LogP) is 4.01. The molecule has 18 heavy (non-hydrogen) atoms. The fourth-order valence-electron chi connectivity index (χ4n) is 1.84. The van der Waals surface area contributed by atoms with Crippen LogP contribution in [0.15, 0.2) is 28.9 Å². The maximum Gasteiger partial charge on any atom is 0.341 e. The molecule has 1 unspecified atom stereocenters. The van der Waals surface area contributed by atoms with E-state index in [1.54, 1.807) is 12.3 Å². The maximum atomic E-state index is 11.9. The number of hydrogen-bond acceptors (Lipinski definition) is 3. The van der Waals surface area contributed by atoms with Gasteiger partial charge in [0.15, 0.2) is 0 Å². The molecule has 1 aromatic heterocycles. The SMILES string of the molecule is O=C(OCC1CC=CCC1)c1cc(Br)cnc1Cl. The van der Waals surface area contributed by atoms with Crippen LogP contribution in [0.4, 0.5) is 0 Å². The Bertz CT molecular complexity index is 476. The van der Waals surface area contributed by atoms with Crippen LogP contribution in [0.1, 0.15) is 29.6 Å². The van der Waals surface area contributed by atoms with Crippen molar-refractivity contribution >= 4 is 33.5 Å². The van der Waals surface area contributed by atoms with Gasteiger partial charge in [0.05, 0.1) is 12.2 Å². The van der Waals surface area contributed by atoms with E-state index in [4.69, 9.17) is 16.3 Å². The van der Waals surface area contributed by atoms with Gasteiger partial charge in [0, 0.05) is 10.7 Å². The molecule has 1 aliphatic carbocycles. The van der Waals surface area contributed by atoms with Gasteiger partial charge in [0.25, 0.3) is 0 Å². The number of ether oxygens (including phenoxy) is 1. The molecule has 1 aromatic rings. The topological polar surface area (TPSA) is 39.2 Å². The summed E-state index contributed by atoms with van der Waals surface area (Å²) in [4.78, 5) is 15.8. The molecule has 0 spiro atoms. The molecule has 0 aromatic carbocycles. The van der Waals surface area contributed by atoms with Crippen LogP contribution >= 0.6 is 27.5 Å². The fourth-order valence-corrected chi connectivity index (χ4v) is 2.36. The van der Waals surface area contributed by atoms with E-state index in [0.717, 1.165) is 19.3 Å². The monoisotopic (exact) mass is 329 g/mol. The second-order valence-electron chi connectivity index (χ2n) is 4.24. The molecule has 1 heterocycles. The summed E-state index contributed by atoms with van der Waals surface area (Å²) >= 11 is 9.12. The number of carbonyl (C=O) groups is 1. The normalized spacial score (nSPS) is 18.7. The van der Waals surface area contributed by atoms with Gasteiger partial charge in [-0.05, 0) is 47.2 Å². The van der Waals surface area contributed by atoms with Crippen LogP contribution in [0.2, 0.25) is 5.15 Å². The molecule has 0 bridgehead atoms. The number of aromatic nitrogens is 1. The first-order chi connectivity index (χ1) is 8.66. The summed E-state index contributed by atoms with van der Waals surface area (Å²) < 4.78 is 5.99. The first-order valence-corrected chi connectivity index (χ1v) is 6.97. The van der Waals surface area contributed by atoms with Gasteiger partial charge in [-0.15, -0.1) is 0 Å². The van der Waals surface area contributed by atoms with Crippen molar-refractivity contribution in [1.29, 1.82) is 0 Å². The van der Waals surface area contributed by atoms with Crippen molar-refractivity contribution in [3.05, 3.63) is 39.6 Å². The van der Waals surface area contributed by atoms with E-state index < -0.39 is 5.97 Å². The Hall–Kier alpha value is -0.870. The molecule has 0 N–H and O–H groups in total. The van der Waals surface area contributed by atoms with Crippen LogP contribution in [-0.2, 0) is 4.74 Å². The molecule has 0 saturated heterocycles. The van der Waals surface area contributed by atoms with Crippen LogP contribution < -0.4 is 0 Å². The summed E-state index contributed by atoms with van der Waals surface area (Å²) in [5, 5.41) is 0.173. The van der Waals surface area contributed by atoms with E-state index in [2.05, 4.69) is 33.1 Å². The Morgan fingerprint density at radius 1 is 1.56 bits per heavy atom. The van der Waals surface area contributed by atoms with Crippen LogP contribution in [-0.4, -0.2) is 17.6 Å². The molecule has 2 rings (SSSR count). The maximum absolute atomic E-state index is 11.9. The quantitative estimate of drug-likeness (QED) is 0.477. The molecule has 1 aliphatic rings. The second kappa shape index (κ2) is 6.34. The van der Waals surface area contributed by atoms with E-state index in [0.29, 0.717) is 22.6 Å². The third kappa shape index (κ3) is 3.56. The molecule has 5 heteroatoms. The largest absolute Gasteiger partial charge is 0.462 e. The summed E-state index contributed by atoms with van der Waals surface area (Å²) in [6.07, 6.45) is 8.93. The fraction of sp³-hybridized carbons (Fsp3) is 0.385. The van der Waals surface area contributed by atoms with Gasteiger partial charge in [-0.1, -0.05) is 23.8 Å². The summed E-state index contributed by atoms with van der Waals surface area (Å²) in [6, 6.07) is 1.62. The molecule has 3 nitrogen and oxygen atoms in total. The lowest BCUT2D eigenvalue weighted by Crippen LogP contribution is -2.15. The van der Waals surface area contributed by atoms with Crippen molar-refractivity contribution in [2.24, 2.45) is 5.92 Å². The van der Waals surface area contributed by atoms with Gasteiger partial charge in [-0.25, -0.2) is 9.78 Å². The van der Waals surface area contributed by atoms with Crippen molar-refractivity contribution in [3.63, 3.8) is 0 Å². The van der Waals surface area contributed by atoms with Gasteiger partial charge >= 0.3 is 5.97 Å². The summed E-state index contributed by atoms with van der Waals surface area (Å²) in [5.41, 5.74) is 0.303. The van der Waals surface area contributed by atoms with E-state index in [1.807, 2.05) is 0 Å². The van der Waals surface area contributed by atoms with Crippen LogP contribution in [0.3, 0.4) is 0 Å². The highest BCUT2D eigenvalue weighted by atomic mass is 79.9. The molecule has 0 amide bonds. The standard InChI is InChI=1S/C13H13BrClNO2/c14-10-6-11(12(15)16-7-10)13(17)18-8-9-4-2-1-3-5-9/h1-2,6-7,9H,3-5,8H2. The average molecular weight is 331 g/mol. The zero-order valence-corrected chi connectivity index (χ0v) is 12.1. The molecule has 0 fully saturated rings. The highest BCUT2D eigenvalue weighted by Gasteiger charge is 2.17. The van der Waals surface area contributed by atoms with Gasteiger partial charge in [-0.2, -0.15) is 0 Å². The van der Waals surface area contributed by atoms with Gasteiger partial charge in [0.2, 0.25) is 0 Å². The average Bonchev–Trinajstić information content (AvgIpc) is 2.40. The summed E-state index contributed by atoms with van der Waals surface area (Å²) in [7, 11) is 0. The first-order valence-electron chi connectivity index (χ1n) is 5.80. The molecule has 0 saturated carbocycles. The van der Waals surface area contributed by atoms with Crippen molar-refractivity contribution in [2.45, 2.75) is 19.3 Å². The molecule has 0 radical (unpaired) electrons. The minimum Gasteiger partial charge on any atom is -0.462 e. The van der Waals surface area contributed by atoms with Gasteiger partial charge in [0.1, 0.15) is 5.15 Å². The number of rotatable bonds is 3. The Morgan fingerprint density at radius 3 is 3.11 bits per heavy atom. The van der Waals surface area contributed by atoms with E-state index in [9.17, 15) is 4.79 Å². The van der Waals surface area contributed by atoms with Crippen molar-refractivity contribution in [2.75, 3.05) is 6.61 Å². The number of carbonyl (C=O) groups excluding carboxylic acids is 1. The van der Waals surface area contributed by atoms with Crippen molar-refractivity contribution in [1.82, 2.24) is 4.98 Å².